The molecule has 0 bridgehead atoms. The summed E-state index contributed by atoms with van der Waals surface area (Å²) in [5.74, 6) is 1.40. The van der Waals surface area contributed by atoms with Crippen molar-refractivity contribution in [3.05, 3.63) is 48.1 Å². The molecule has 212 valence electrons. The molecule has 0 unspecified atom stereocenters. The zero-order valence-electron chi connectivity index (χ0n) is 22.8. The highest BCUT2D eigenvalue weighted by Crippen LogP contribution is 2.36. The second-order valence-electron chi connectivity index (χ2n) is 9.99. The van der Waals surface area contributed by atoms with Crippen LogP contribution in [0, 0.1) is 0 Å². The molecule has 0 spiro atoms. The van der Waals surface area contributed by atoms with Gasteiger partial charge in [0, 0.05) is 56.4 Å². The topological polar surface area (TPSA) is 117 Å². The first kappa shape index (κ1) is 28.0. The van der Waals surface area contributed by atoms with Crippen LogP contribution in [-0.2, 0) is 9.53 Å². The number of likely N-dealkylation sites (N-methyl/N-ethyl adjacent to an activating group) is 1. The minimum Gasteiger partial charge on any atom is -0.495 e. The number of piperazine rings is 1. The molecule has 3 aromatic rings. The van der Waals surface area contributed by atoms with Crippen LogP contribution in [0.2, 0.25) is 5.02 Å². The molecule has 3 N–H and O–H groups in total. The van der Waals surface area contributed by atoms with E-state index in [1.807, 2.05) is 24.3 Å². The van der Waals surface area contributed by atoms with E-state index in [1.165, 1.54) is 6.08 Å². The fourth-order valence-corrected chi connectivity index (χ4v) is 5.19. The van der Waals surface area contributed by atoms with Gasteiger partial charge in [-0.3, -0.25) is 9.69 Å². The summed E-state index contributed by atoms with van der Waals surface area (Å²) in [5, 5.41) is 11.0. The fraction of sp³-hybridized carbons (Fsp3) is 0.429. The minimum absolute atomic E-state index is 0.183. The second-order valence-corrected chi connectivity index (χ2v) is 10.4. The van der Waals surface area contributed by atoms with E-state index < -0.39 is 0 Å². The Morgan fingerprint density at radius 1 is 1.23 bits per heavy atom. The molecule has 1 amide bonds. The van der Waals surface area contributed by atoms with E-state index in [9.17, 15) is 4.79 Å². The summed E-state index contributed by atoms with van der Waals surface area (Å²) < 4.78 is 11.0. The lowest BCUT2D eigenvalue weighted by Crippen LogP contribution is -2.45. The summed E-state index contributed by atoms with van der Waals surface area (Å²) >= 11 is 6.66. The van der Waals surface area contributed by atoms with Crippen LogP contribution in [0.15, 0.2) is 43.1 Å². The molecular weight excluding hydrogens is 532 g/mol. The Morgan fingerprint density at radius 3 is 2.80 bits per heavy atom. The highest BCUT2D eigenvalue weighted by Gasteiger charge is 2.30. The Morgan fingerprint density at radius 2 is 2.02 bits per heavy atom. The number of nitrogens with zero attached hydrogens (tertiary/aromatic N) is 5. The molecule has 2 aliphatic rings. The van der Waals surface area contributed by atoms with Gasteiger partial charge >= 0.3 is 0 Å². The van der Waals surface area contributed by atoms with Crippen molar-refractivity contribution < 1.29 is 14.3 Å². The average molecular weight is 567 g/mol. The average Bonchev–Trinajstić information content (AvgIpc) is 3.40. The van der Waals surface area contributed by atoms with Crippen LogP contribution < -0.4 is 20.7 Å². The minimum atomic E-state index is -0.249. The smallest absolute Gasteiger partial charge is 0.243 e. The number of rotatable bonds is 10. The highest BCUT2D eigenvalue weighted by molar-refractivity contribution is 6.34. The van der Waals surface area contributed by atoms with Crippen molar-refractivity contribution >= 4 is 40.2 Å². The van der Waals surface area contributed by atoms with Crippen molar-refractivity contribution in [1.29, 1.82) is 0 Å². The summed E-state index contributed by atoms with van der Waals surface area (Å²) in [6.45, 7) is 10.1. The predicted molar refractivity (Wildman–Crippen MR) is 157 cm³/mol. The van der Waals surface area contributed by atoms with Crippen molar-refractivity contribution in [2.75, 3.05) is 77.3 Å². The van der Waals surface area contributed by atoms with Crippen molar-refractivity contribution in [2.24, 2.45) is 0 Å². The molecule has 12 heteroatoms. The molecule has 11 nitrogen and oxygen atoms in total. The van der Waals surface area contributed by atoms with Crippen LogP contribution in [0.1, 0.15) is 0 Å². The number of benzene rings is 1. The largest absolute Gasteiger partial charge is 0.495 e. The van der Waals surface area contributed by atoms with Crippen LogP contribution in [0.4, 0.5) is 11.8 Å². The molecule has 5 rings (SSSR count). The van der Waals surface area contributed by atoms with Crippen LogP contribution in [0.3, 0.4) is 0 Å². The van der Waals surface area contributed by atoms with Gasteiger partial charge in [0.2, 0.25) is 11.9 Å². The third-order valence-electron chi connectivity index (χ3n) is 7.25. The van der Waals surface area contributed by atoms with Crippen LogP contribution in [0.25, 0.3) is 22.2 Å². The molecular formula is C28H35ClN8O3. The molecule has 2 fully saturated rings. The van der Waals surface area contributed by atoms with Gasteiger partial charge in [-0.1, -0.05) is 30.3 Å². The summed E-state index contributed by atoms with van der Waals surface area (Å²) in [5.41, 5.74) is 2.14. The van der Waals surface area contributed by atoms with Crippen molar-refractivity contribution in [3.8, 4) is 17.0 Å². The molecule has 1 aromatic carbocycles. The van der Waals surface area contributed by atoms with Gasteiger partial charge in [-0.2, -0.15) is 0 Å². The number of methoxy groups -OCH3 is 1. The molecule has 0 saturated carbocycles. The number of pyridine rings is 1. The maximum absolute atomic E-state index is 11.8. The van der Waals surface area contributed by atoms with E-state index in [-0.39, 0.29) is 18.0 Å². The number of nitrogens with one attached hydrogen (secondary N) is 3. The quantitative estimate of drug-likeness (QED) is 0.316. The van der Waals surface area contributed by atoms with E-state index in [2.05, 4.69) is 44.4 Å². The summed E-state index contributed by atoms with van der Waals surface area (Å²) in [6.07, 6.45) is 3.02. The monoisotopic (exact) mass is 566 g/mol. The van der Waals surface area contributed by atoms with Crippen molar-refractivity contribution in [2.45, 2.75) is 12.1 Å². The highest BCUT2D eigenvalue weighted by atomic mass is 35.5. The van der Waals surface area contributed by atoms with Crippen LogP contribution in [-0.4, -0.2) is 109 Å². The van der Waals surface area contributed by atoms with E-state index in [1.54, 1.807) is 13.3 Å². The summed E-state index contributed by atoms with van der Waals surface area (Å²) in [4.78, 5) is 31.0. The first-order chi connectivity index (χ1) is 19.4. The van der Waals surface area contributed by atoms with Gasteiger partial charge in [-0.05, 0) is 25.3 Å². The van der Waals surface area contributed by atoms with Gasteiger partial charge in [0.15, 0.2) is 5.82 Å². The molecule has 2 aromatic heterocycles. The predicted octanol–water partition coefficient (Wildman–Crippen LogP) is 2.49. The molecule has 2 aliphatic heterocycles. The number of hydrogen-bond acceptors (Lipinski definition) is 10. The molecule has 0 radical (unpaired) electrons. The third kappa shape index (κ3) is 6.44. The zero-order valence-corrected chi connectivity index (χ0v) is 23.6. The van der Waals surface area contributed by atoms with Gasteiger partial charge in [0.25, 0.3) is 0 Å². The number of carbonyl (C=O) groups excluding carboxylic acids is 1. The maximum atomic E-state index is 11.8. The van der Waals surface area contributed by atoms with E-state index in [0.29, 0.717) is 53.5 Å². The summed E-state index contributed by atoms with van der Waals surface area (Å²) in [7, 11) is 3.74. The normalized spacial score (nSPS) is 19.9. The summed E-state index contributed by atoms with van der Waals surface area (Å²) in [6, 6.07) is 7.15. The molecule has 2 atom stereocenters. The number of anilines is 2. The number of fused-ring (bicyclic) bond motifs is 1. The number of amides is 1. The van der Waals surface area contributed by atoms with Crippen molar-refractivity contribution in [1.82, 2.24) is 30.1 Å². The van der Waals surface area contributed by atoms with E-state index in [0.717, 1.165) is 43.7 Å². The second kappa shape index (κ2) is 12.8. The number of halogens is 1. The molecule has 4 heterocycles. The van der Waals surface area contributed by atoms with E-state index >= 15 is 0 Å². The first-order valence-corrected chi connectivity index (χ1v) is 13.8. The standard InChI is InChI=1S/C28H35ClN8O3/c1-4-24(38)32-21-16-40-17-22(21)34-28-31-15-18-14-20(19-6-5-7-23(39-3)25(19)29)33-27(26(18)35-28)30-8-9-37-12-10-36(2)11-13-37/h4-7,14-15,21-22H,1,8-13,16-17H2,2-3H3,(H,30,33)(H,32,38)(H,31,34,35)/t21-,22+/m0/s1. The molecule has 40 heavy (non-hydrogen) atoms. The Balaban J connectivity index is 1.43. The van der Waals surface area contributed by atoms with Gasteiger partial charge in [-0.15, -0.1) is 0 Å². The van der Waals surface area contributed by atoms with Crippen molar-refractivity contribution in [3.63, 3.8) is 0 Å². The number of aromatic nitrogens is 3. The zero-order chi connectivity index (χ0) is 28.1. The number of carbonyl (C=O) groups is 1. The fourth-order valence-electron chi connectivity index (χ4n) is 4.89. The lowest BCUT2D eigenvalue weighted by Gasteiger charge is -2.32. The SMILES string of the molecule is C=CC(=O)N[C@H]1COC[C@H]1Nc1ncc2cc(-c3cccc(OC)c3Cl)nc(NCCN3CCN(C)CC3)c2n1. The first-order valence-electron chi connectivity index (χ1n) is 13.4. The Bertz CT molecular complexity index is 1360. The Labute approximate surface area is 238 Å². The van der Waals surface area contributed by atoms with Gasteiger partial charge in [-0.25, -0.2) is 15.0 Å². The lowest BCUT2D eigenvalue weighted by molar-refractivity contribution is -0.117. The number of hydrogen-bond donors (Lipinski definition) is 3. The third-order valence-corrected chi connectivity index (χ3v) is 7.64. The van der Waals surface area contributed by atoms with Gasteiger partial charge in [0.05, 0.1) is 43.1 Å². The number of ether oxygens (including phenoxy) is 2. The Hall–Kier alpha value is -3.51. The lowest BCUT2D eigenvalue weighted by atomic mass is 10.1. The molecule has 2 saturated heterocycles. The molecule has 0 aliphatic carbocycles. The van der Waals surface area contributed by atoms with Crippen LogP contribution >= 0.6 is 11.6 Å². The van der Waals surface area contributed by atoms with Gasteiger partial charge < -0.3 is 30.3 Å². The van der Waals surface area contributed by atoms with Crippen LogP contribution in [0.5, 0.6) is 5.75 Å². The maximum Gasteiger partial charge on any atom is 0.243 e. The van der Waals surface area contributed by atoms with Gasteiger partial charge in [0.1, 0.15) is 11.3 Å². The Kier molecular flexibility index (Phi) is 8.95. The van der Waals surface area contributed by atoms with E-state index in [4.69, 9.17) is 31.0 Å².